The van der Waals surface area contributed by atoms with Crippen LogP contribution in [0.1, 0.15) is 5.76 Å². The summed E-state index contributed by atoms with van der Waals surface area (Å²) in [6, 6.07) is 2.69. The predicted molar refractivity (Wildman–Crippen MR) is 52.7 cm³/mol. The molecule has 1 aromatic heterocycles. The van der Waals surface area contributed by atoms with Crippen molar-refractivity contribution in [3.63, 3.8) is 0 Å². The summed E-state index contributed by atoms with van der Waals surface area (Å²) >= 11 is 0. The molecule has 0 atom stereocenters. The number of hydrogen-bond acceptors (Lipinski definition) is 4. The fourth-order valence-electron chi connectivity index (χ4n) is 1.00. The van der Waals surface area contributed by atoms with Crippen LogP contribution in [0.2, 0.25) is 0 Å². The summed E-state index contributed by atoms with van der Waals surface area (Å²) < 4.78 is 53.1. The molecule has 0 unspecified atom stereocenters. The molecule has 0 aliphatic rings. The van der Waals surface area contributed by atoms with Crippen LogP contribution in [-0.4, -0.2) is 28.4 Å². The van der Waals surface area contributed by atoms with Gasteiger partial charge in [-0.25, -0.2) is 21.9 Å². The molecule has 8 heteroatoms. The molecule has 0 fully saturated rings. The van der Waals surface area contributed by atoms with Crippen LogP contribution in [0.25, 0.3) is 0 Å². The number of halogens is 2. The fraction of sp³-hybridized carbons (Fsp3) is 0.500. The van der Waals surface area contributed by atoms with E-state index >= 15 is 0 Å². The Hall–Kier alpha value is -0.990. The zero-order valence-corrected chi connectivity index (χ0v) is 9.35. The van der Waals surface area contributed by atoms with Gasteiger partial charge in [0, 0.05) is 0 Å². The molecule has 16 heavy (non-hydrogen) atoms. The van der Waals surface area contributed by atoms with E-state index in [1.54, 1.807) is 0 Å². The number of nitrogens with one attached hydrogen (secondary N) is 2. The second-order valence-corrected chi connectivity index (χ2v) is 4.77. The molecule has 0 amide bonds. The first-order chi connectivity index (χ1) is 7.45. The van der Waals surface area contributed by atoms with Crippen molar-refractivity contribution in [2.75, 3.05) is 13.6 Å². The van der Waals surface area contributed by atoms with Gasteiger partial charge in [0.15, 0.2) is 0 Å². The van der Waals surface area contributed by atoms with Crippen molar-refractivity contribution in [3.05, 3.63) is 17.9 Å². The van der Waals surface area contributed by atoms with Crippen LogP contribution in [0.4, 0.5) is 8.78 Å². The van der Waals surface area contributed by atoms with Gasteiger partial charge in [0.2, 0.25) is 5.09 Å². The third kappa shape index (κ3) is 3.54. The van der Waals surface area contributed by atoms with Gasteiger partial charge in [-0.3, -0.25) is 0 Å². The topological polar surface area (TPSA) is 71.3 Å². The second kappa shape index (κ2) is 5.37. The molecule has 1 heterocycles. The van der Waals surface area contributed by atoms with E-state index in [1.165, 1.54) is 19.2 Å². The predicted octanol–water partition coefficient (Wildman–Crippen LogP) is 0.542. The molecule has 0 radical (unpaired) electrons. The molecule has 5 nitrogen and oxygen atoms in total. The van der Waals surface area contributed by atoms with Crippen molar-refractivity contribution in [2.45, 2.75) is 18.1 Å². The third-order valence-corrected chi connectivity index (χ3v) is 3.06. The highest BCUT2D eigenvalue weighted by molar-refractivity contribution is 7.89. The maximum Gasteiger partial charge on any atom is 0.273 e. The fourth-order valence-corrected chi connectivity index (χ4v) is 1.67. The van der Waals surface area contributed by atoms with Crippen LogP contribution in [-0.2, 0) is 16.6 Å². The quantitative estimate of drug-likeness (QED) is 0.777. The van der Waals surface area contributed by atoms with Crippen LogP contribution in [0, 0.1) is 0 Å². The number of alkyl halides is 2. The molecule has 2 N–H and O–H groups in total. The Labute approximate surface area is 91.9 Å². The maximum atomic E-state index is 11.8. The van der Waals surface area contributed by atoms with Gasteiger partial charge in [-0.1, -0.05) is 0 Å². The van der Waals surface area contributed by atoms with Gasteiger partial charge in [-0.2, -0.15) is 0 Å². The molecule has 0 aliphatic carbocycles. The van der Waals surface area contributed by atoms with Gasteiger partial charge < -0.3 is 9.73 Å². The average molecular weight is 254 g/mol. The van der Waals surface area contributed by atoms with Crippen LogP contribution in [0.5, 0.6) is 0 Å². The minimum Gasteiger partial charge on any atom is -0.447 e. The number of rotatable bonds is 6. The molecule has 0 aromatic carbocycles. The number of hydrogen-bond donors (Lipinski definition) is 2. The summed E-state index contributed by atoms with van der Waals surface area (Å²) in [6.07, 6.45) is -2.45. The molecule has 92 valence electrons. The molecular formula is C8H12F2N2O3S. The highest BCUT2D eigenvalue weighted by atomic mass is 32.2. The van der Waals surface area contributed by atoms with E-state index in [2.05, 4.69) is 10.0 Å². The van der Waals surface area contributed by atoms with Gasteiger partial charge >= 0.3 is 0 Å². The molecule has 0 bridgehead atoms. The van der Waals surface area contributed by atoms with Crippen LogP contribution >= 0.6 is 0 Å². The highest BCUT2D eigenvalue weighted by Gasteiger charge is 2.16. The zero-order valence-electron chi connectivity index (χ0n) is 8.54. The van der Waals surface area contributed by atoms with Crippen molar-refractivity contribution < 1.29 is 21.6 Å². The van der Waals surface area contributed by atoms with E-state index in [0.29, 0.717) is 0 Å². The third-order valence-electron chi connectivity index (χ3n) is 1.77. The minimum atomic E-state index is -3.61. The first-order valence-corrected chi connectivity index (χ1v) is 5.95. The summed E-state index contributed by atoms with van der Waals surface area (Å²) in [4.78, 5) is 0. The lowest BCUT2D eigenvalue weighted by atomic mass is 10.4. The Balaban J connectivity index is 2.59. The van der Waals surface area contributed by atoms with Crippen molar-refractivity contribution in [2.24, 2.45) is 0 Å². The Morgan fingerprint density at radius 3 is 2.69 bits per heavy atom. The van der Waals surface area contributed by atoms with Gasteiger partial charge in [0.05, 0.1) is 13.1 Å². The molecule has 0 saturated carbocycles. The lowest BCUT2D eigenvalue weighted by molar-refractivity contribution is 0.144. The summed E-state index contributed by atoms with van der Waals surface area (Å²) in [5, 5.41) is 2.19. The van der Waals surface area contributed by atoms with Crippen molar-refractivity contribution in [3.8, 4) is 0 Å². The Bertz CT molecular complexity index is 430. The van der Waals surface area contributed by atoms with E-state index in [9.17, 15) is 17.2 Å². The van der Waals surface area contributed by atoms with Crippen molar-refractivity contribution >= 4 is 10.0 Å². The van der Waals surface area contributed by atoms with E-state index in [0.717, 1.165) is 0 Å². The lowest BCUT2D eigenvalue weighted by Crippen LogP contribution is -2.20. The summed E-state index contributed by atoms with van der Waals surface area (Å²) in [5.41, 5.74) is 0. The first kappa shape index (κ1) is 13.1. The average Bonchev–Trinajstić information content (AvgIpc) is 2.66. The number of sulfonamides is 1. The standard InChI is InChI=1S/C8H12F2N2O3S/c1-11-16(13,14)8-3-2-6(15-8)4-12-5-7(9)10/h2-3,7,11-12H,4-5H2,1H3. The van der Waals surface area contributed by atoms with Gasteiger partial charge in [0.1, 0.15) is 5.76 Å². The van der Waals surface area contributed by atoms with Crippen molar-refractivity contribution in [1.82, 2.24) is 10.0 Å². The van der Waals surface area contributed by atoms with Gasteiger partial charge in [-0.15, -0.1) is 0 Å². The van der Waals surface area contributed by atoms with Crippen LogP contribution < -0.4 is 10.0 Å². The van der Waals surface area contributed by atoms with Crippen LogP contribution in [0.15, 0.2) is 21.6 Å². The monoisotopic (exact) mass is 254 g/mol. The number of furan rings is 1. The normalized spacial score (nSPS) is 12.2. The van der Waals surface area contributed by atoms with E-state index in [1.807, 2.05) is 0 Å². The maximum absolute atomic E-state index is 11.8. The van der Waals surface area contributed by atoms with Gasteiger partial charge in [-0.05, 0) is 19.2 Å². The van der Waals surface area contributed by atoms with Gasteiger partial charge in [0.25, 0.3) is 16.4 Å². The molecule has 0 aliphatic heterocycles. The minimum absolute atomic E-state index is 0.0591. The Kier molecular flexibility index (Phi) is 4.39. The van der Waals surface area contributed by atoms with Crippen molar-refractivity contribution in [1.29, 1.82) is 0 Å². The smallest absolute Gasteiger partial charge is 0.273 e. The molecule has 1 aromatic rings. The Morgan fingerprint density at radius 2 is 2.12 bits per heavy atom. The van der Waals surface area contributed by atoms with Crippen LogP contribution in [0.3, 0.4) is 0 Å². The largest absolute Gasteiger partial charge is 0.447 e. The molecule has 1 rings (SSSR count). The zero-order chi connectivity index (χ0) is 12.2. The molecular weight excluding hydrogens is 242 g/mol. The molecule has 0 saturated heterocycles. The van der Waals surface area contributed by atoms with E-state index in [-0.39, 0.29) is 17.4 Å². The first-order valence-electron chi connectivity index (χ1n) is 4.47. The SMILES string of the molecule is CNS(=O)(=O)c1ccc(CNCC(F)F)o1. The Morgan fingerprint density at radius 1 is 1.44 bits per heavy atom. The second-order valence-electron chi connectivity index (χ2n) is 2.95. The molecule has 0 spiro atoms. The summed E-state index contributed by atoms with van der Waals surface area (Å²) in [6.45, 7) is -0.404. The summed E-state index contributed by atoms with van der Waals surface area (Å²) in [5.74, 6) is 0.287. The van der Waals surface area contributed by atoms with E-state index in [4.69, 9.17) is 4.42 Å². The van der Waals surface area contributed by atoms with E-state index < -0.39 is 23.0 Å². The highest BCUT2D eigenvalue weighted by Crippen LogP contribution is 2.13. The lowest BCUT2D eigenvalue weighted by Gasteiger charge is -2.01. The summed E-state index contributed by atoms with van der Waals surface area (Å²) in [7, 11) is -2.35.